The molecule has 2 aromatic rings. The molecular weight excluding hydrogens is 266 g/mol. The van der Waals surface area contributed by atoms with Crippen molar-refractivity contribution in [2.75, 3.05) is 20.8 Å². The van der Waals surface area contributed by atoms with Crippen LogP contribution in [-0.2, 0) is 0 Å². The molecule has 0 fully saturated rings. The fourth-order valence-corrected chi connectivity index (χ4v) is 2.38. The van der Waals surface area contributed by atoms with Crippen LogP contribution in [0.15, 0.2) is 34.9 Å². The van der Waals surface area contributed by atoms with Crippen LogP contribution in [0.2, 0.25) is 0 Å². The Bertz CT molecular complexity index is 577. The van der Waals surface area contributed by atoms with E-state index < -0.39 is 0 Å². The van der Waals surface area contributed by atoms with E-state index in [2.05, 4.69) is 12.2 Å². The van der Waals surface area contributed by atoms with E-state index in [1.165, 1.54) is 0 Å². The standard InChI is InChI=1S/C17H23NO3/c1-5-8-18-17(13-9-12(2)21-11-13)15-10-14(19-3)6-7-16(15)20-4/h6-7,9-11,17-18H,5,8H2,1-4H3. The van der Waals surface area contributed by atoms with Gasteiger partial charge in [0.15, 0.2) is 0 Å². The number of methoxy groups -OCH3 is 2. The molecule has 1 unspecified atom stereocenters. The Labute approximate surface area is 126 Å². The lowest BCUT2D eigenvalue weighted by molar-refractivity contribution is 0.393. The van der Waals surface area contributed by atoms with E-state index in [1.807, 2.05) is 31.2 Å². The highest BCUT2D eigenvalue weighted by atomic mass is 16.5. The Kier molecular flexibility index (Phi) is 5.28. The minimum atomic E-state index is 0.0208. The maximum absolute atomic E-state index is 5.51. The van der Waals surface area contributed by atoms with Crippen LogP contribution in [0, 0.1) is 6.92 Å². The first-order valence-corrected chi connectivity index (χ1v) is 7.20. The average molecular weight is 289 g/mol. The van der Waals surface area contributed by atoms with Crippen molar-refractivity contribution in [2.45, 2.75) is 26.3 Å². The highest BCUT2D eigenvalue weighted by molar-refractivity contribution is 5.45. The molecule has 4 nitrogen and oxygen atoms in total. The summed E-state index contributed by atoms with van der Waals surface area (Å²) < 4.78 is 16.3. The number of furan rings is 1. The van der Waals surface area contributed by atoms with E-state index in [1.54, 1.807) is 20.5 Å². The summed E-state index contributed by atoms with van der Waals surface area (Å²) in [7, 11) is 3.35. The Morgan fingerprint density at radius 2 is 2.00 bits per heavy atom. The second-order valence-corrected chi connectivity index (χ2v) is 4.99. The van der Waals surface area contributed by atoms with Gasteiger partial charge in [-0.3, -0.25) is 0 Å². The first-order chi connectivity index (χ1) is 10.2. The second kappa shape index (κ2) is 7.18. The number of ether oxygens (including phenoxy) is 2. The Hall–Kier alpha value is -1.94. The van der Waals surface area contributed by atoms with Gasteiger partial charge in [-0.1, -0.05) is 6.92 Å². The molecule has 0 saturated heterocycles. The Balaban J connectivity index is 2.44. The maximum Gasteiger partial charge on any atom is 0.124 e. The van der Waals surface area contributed by atoms with Crippen molar-refractivity contribution in [3.8, 4) is 11.5 Å². The van der Waals surface area contributed by atoms with E-state index in [9.17, 15) is 0 Å². The summed E-state index contributed by atoms with van der Waals surface area (Å²) in [6, 6.07) is 7.91. The third-order valence-electron chi connectivity index (χ3n) is 3.43. The van der Waals surface area contributed by atoms with Gasteiger partial charge in [-0.05, 0) is 44.2 Å². The zero-order valence-corrected chi connectivity index (χ0v) is 13.1. The third kappa shape index (κ3) is 3.58. The van der Waals surface area contributed by atoms with E-state index >= 15 is 0 Å². The molecular formula is C17H23NO3. The molecule has 0 amide bonds. The lowest BCUT2D eigenvalue weighted by Gasteiger charge is -2.21. The molecule has 0 spiro atoms. The van der Waals surface area contributed by atoms with Crippen LogP contribution in [0.5, 0.6) is 11.5 Å². The summed E-state index contributed by atoms with van der Waals surface area (Å²) in [5.74, 6) is 2.55. The van der Waals surface area contributed by atoms with Gasteiger partial charge in [0, 0.05) is 11.1 Å². The van der Waals surface area contributed by atoms with Gasteiger partial charge in [0.05, 0.1) is 26.5 Å². The predicted octanol–water partition coefficient (Wildman–Crippen LogP) is 3.69. The summed E-state index contributed by atoms with van der Waals surface area (Å²) in [6.45, 7) is 5.01. The van der Waals surface area contributed by atoms with Crippen LogP contribution in [0.1, 0.15) is 36.3 Å². The fraction of sp³-hybridized carbons (Fsp3) is 0.412. The Morgan fingerprint density at radius 1 is 1.19 bits per heavy atom. The number of aryl methyl sites for hydroxylation is 1. The van der Waals surface area contributed by atoms with Crippen LogP contribution < -0.4 is 14.8 Å². The molecule has 4 heteroatoms. The van der Waals surface area contributed by atoms with E-state index in [-0.39, 0.29) is 6.04 Å². The molecule has 0 aliphatic carbocycles. The van der Waals surface area contributed by atoms with Crippen molar-refractivity contribution in [1.82, 2.24) is 5.32 Å². The molecule has 0 aliphatic rings. The molecule has 0 radical (unpaired) electrons. The molecule has 1 atom stereocenters. The van der Waals surface area contributed by atoms with Crippen LogP contribution in [-0.4, -0.2) is 20.8 Å². The summed E-state index contributed by atoms with van der Waals surface area (Å²) in [4.78, 5) is 0. The first-order valence-electron chi connectivity index (χ1n) is 7.20. The van der Waals surface area contributed by atoms with Gasteiger partial charge in [0.25, 0.3) is 0 Å². The van der Waals surface area contributed by atoms with Crippen molar-refractivity contribution in [3.63, 3.8) is 0 Å². The SMILES string of the molecule is CCCNC(c1coc(C)c1)c1cc(OC)ccc1OC. The minimum Gasteiger partial charge on any atom is -0.497 e. The van der Waals surface area contributed by atoms with Crippen molar-refractivity contribution in [1.29, 1.82) is 0 Å². The lowest BCUT2D eigenvalue weighted by Crippen LogP contribution is -2.23. The summed E-state index contributed by atoms with van der Waals surface area (Å²) in [5.41, 5.74) is 2.14. The number of hydrogen-bond donors (Lipinski definition) is 1. The molecule has 0 bridgehead atoms. The molecule has 1 heterocycles. The molecule has 1 aromatic heterocycles. The van der Waals surface area contributed by atoms with Gasteiger partial charge in [0.2, 0.25) is 0 Å². The van der Waals surface area contributed by atoms with Crippen molar-refractivity contribution in [2.24, 2.45) is 0 Å². The molecule has 0 saturated carbocycles. The number of nitrogens with one attached hydrogen (secondary N) is 1. The minimum absolute atomic E-state index is 0.0208. The van der Waals surface area contributed by atoms with Crippen molar-refractivity contribution >= 4 is 0 Å². The normalized spacial score (nSPS) is 12.2. The molecule has 1 aromatic carbocycles. The molecule has 114 valence electrons. The second-order valence-electron chi connectivity index (χ2n) is 4.99. The van der Waals surface area contributed by atoms with Crippen molar-refractivity contribution < 1.29 is 13.9 Å². The molecule has 0 aliphatic heterocycles. The van der Waals surface area contributed by atoms with Crippen LogP contribution in [0.4, 0.5) is 0 Å². The number of rotatable bonds is 7. The number of benzene rings is 1. The molecule has 1 N–H and O–H groups in total. The molecule has 2 rings (SSSR count). The highest BCUT2D eigenvalue weighted by Crippen LogP contribution is 2.33. The zero-order chi connectivity index (χ0) is 15.2. The van der Waals surface area contributed by atoms with Crippen LogP contribution in [0.25, 0.3) is 0 Å². The van der Waals surface area contributed by atoms with E-state index in [4.69, 9.17) is 13.9 Å². The zero-order valence-electron chi connectivity index (χ0n) is 13.1. The van der Waals surface area contributed by atoms with Crippen molar-refractivity contribution in [3.05, 3.63) is 47.4 Å². The molecule has 21 heavy (non-hydrogen) atoms. The lowest BCUT2D eigenvalue weighted by atomic mass is 9.99. The Morgan fingerprint density at radius 3 is 2.57 bits per heavy atom. The van der Waals surface area contributed by atoms with E-state index in [0.29, 0.717) is 0 Å². The van der Waals surface area contributed by atoms with Gasteiger partial charge >= 0.3 is 0 Å². The topological polar surface area (TPSA) is 43.6 Å². The summed E-state index contributed by atoms with van der Waals surface area (Å²) in [6.07, 6.45) is 2.85. The van der Waals surface area contributed by atoms with Gasteiger partial charge in [0.1, 0.15) is 17.3 Å². The van der Waals surface area contributed by atoms with E-state index in [0.717, 1.165) is 41.4 Å². The summed E-state index contributed by atoms with van der Waals surface area (Å²) in [5, 5.41) is 3.55. The monoisotopic (exact) mass is 289 g/mol. The van der Waals surface area contributed by atoms with Gasteiger partial charge < -0.3 is 19.2 Å². The summed E-state index contributed by atoms with van der Waals surface area (Å²) >= 11 is 0. The maximum atomic E-state index is 5.51. The first kappa shape index (κ1) is 15.4. The predicted molar refractivity (Wildman–Crippen MR) is 83.1 cm³/mol. The van der Waals surface area contributed by atoms with Crippen LogP contribution >= 0.6 is 0 Å². The third-order valence-corrected chi connectivity index (χ3v) is 3.43. The van der Waals surface area contributed by atoms with Crippen LogP contribution in [0.3, 0.4) is 0 Å². The largest absolute Gasteiger partial charge is 0.497 e. The smallest absolute Gasteiger partial charge is 0.124 e. The quantitative estimate of drug-likeness (QED) is 0.844. The number of hydrogen-bond acceptors (Lipinski definition) is 4. The van der Waals surface area contributed by atoms with Gasteiger partial charge in [-0.15, -0.1) is 0 Å². The van der Waals surface area contributed by atoms with Gasteiger partial charge in [-0.2, -0.15) is 0 Å². The highest BCUT2D eigenvalue weighted by Gasteiger charge is 2.20. The fourth-order valence-electron chi connectivity index (χ4n) is 2.38. The average Bonchev–Trinajstić information content (AvgIpc) is 2.93. The van der Waals surface area contributed by atoms with Gasteiger partial charge in [-0.25, -0.2) is 0 Å².